The molecule has 0 aromatic heterocycles. The Hall–Kier alpha value is -3.84. The Kier molecular flexibility index (Phi) is 6.17. The molecule has 7 heteroatoms. The van der Waals surface area contributed by atoms with Crippen molar-refractivity contribution in [3.63, 3.8) is 0 Å². The van der Waals surface area contributed by atoms with Crippen LogP contribution in [0.2, 0.25) is 0 Å². The van der Waals surface area contributed by atoms with E-state index >= 15 is 0 Å². The fourth-order valence-corrected chi connectivity index (χ4v) is 4.74. The number of para-hydroxylation sites is 3. The number of amides is 2. The van der Waals surface area contributed by atoms with Gasteiger partial charge in [-0.05, 0) is 48.4 Å². The van der Waals surface area contributed by atoms with Crippen molar-refractivity contribution in [1.82, 2.24) is 0 Å². The van der Waals surface area contributed by atoms with Gasteiger partial charge in [-0.3, -0.25) is 14.4 Å². The zero-order valence-corrected chi connectivity index (χ0v) is 20.1. The molecule has 2 amide bonds. The van der Waals surface area contributed by atoms with Crippen LogP contribution >= 0.6 is 0 Å². The minimum absolute atomic E-state index is 0.285. The maximum atomic E-state index is 13.9. The van der Waals surface area contributed by atoms with Crippen molar-refractivity contribution >= 4 is 28.9 Å². The molecule has 7 nitrogen and oxygen atoms in total. The van der Waals surface area contributed by atoms with Crippen LogP contribution in [-0.2, 0) is 14.4 Å². The summed E-state index contributed by atoms with van der Waals surface area (Å²) in [4.78, 5) is 37.0. The van der Waals surface area contributed by atoms with Gasteiger partial charge in [-0.1, -0.05) is 49.4 Å². The minimum atomic E-state index is -0.916. The van der Waals surface area contributed by atoms with E-state index in [4.69, 9.17) is 9.57 Å². The van der Waals surface area contributed by atoms with Crippen molar-refractivity contribution < 1.29 is 19.2 Å². The second-order valence-electron chi connectivity index (χ2n) is 8.97. The summed E-state index contributed by atoms with van der Waals surface area (Å²) in [6.45, 7) is 2.51. The minimum Gasteiger partial charge on any atom is -0.491 e. The van der Waals surface area contributed by atoms with Gasteiger partial charge in [0, 0.05) is 19.8 Å². The van der Waals surface area contributed by atoms with Gasteiger partial charge in [-0.2, -0.15) is 0 Å². The van der Waals surface area contributed by atoms with Crippen molar-refractivity contribution in [2.45, 2.75) is 25.5 Å². The Labute approximate surface area is 205 Å². The number of nitrogens with zero attached hydrogens (tertiary/aromatic N) is 3. The second kappa shape index (κ2) is 9.43. The molecule has 0 radical (unpaired) electrons. The molecule has 0 spiro atoms. The second-order valence-corrected chi connectivity index (χ2v) is 8.97. The first-order valence-electron chi connectivity index (χ1n) is 11.9. The number of hydroxylamine groups is 1. The van der Waals surface area contributed by atoms with Crippen LogP contribution in [0.5, 0.6) is 5.75 Å². The number of anilines is 3. The molecular formula is C28H29N3O4. The van der Waals surface area contributed by atoms with Gasteiger partial charge in [0.05, 0.1) is 24.0 Å². The number of rotatable bonds is 7. The summed E-state index contributed by atoms with van der Waals surface area (Å²) < 4.78 is 5.85. The van der Waals surface area contributed by atoms with E-state index in [1.807, 2.05) is 86.6 Å². The lowest BCUT2D eigenvalue weighted by Crippen LogP contribution is -2.37. The van der Waals surface area contributed by atoms with E-state index in [2.05, 4.69) is 0 Å². The van der Waals surface area contributed by atoms with Crippen molar-refractivity contribution in [3.05, 3.63) is 84.4 Å². The van der Waals surface area contributed by atoms with E-state index in [9.17, 15) is 9.59 Å². The smallest absolute Gasteiger partial charge is 0.266 e. The SMILES string of the molecule is CCCOc1ccccc1N1C(=O)C2ON(c3ccccc3)C(c3ccc(N(C)C)cc3)C2C1=O. The summed E-state index contributed by atoms with van der Waals surface area (Å²) in [5.74, 6) is -0.830. The highest BCUT2D eigenvalue weighted by molar-refractivity contribution is 6.24. The standard InChI is InChI=1S/C28H29N3O4/c1-4-18-34-23-13-9-8-12-22(23)30-27(32)24-25(19-14-16-20(17-15-19)29(2)3)31(35-26(24)28(30)33)21-10-6-5-7-11-21/h5-17,24-26H,4,18H2,1-3H3. The Morgan fingerprint density at radius 3 is 2.26 bits per heavy atom. The number of carbonyl (C=O) groups is 2. The number of imide groups is 1. The summed E-state index contributed by atoms with van der Waals surface area (Å²) in [5.41, 5.74) is 3.21. The zero-order chi connectivity index (χ0) is 24.5. The van der Waals surface area contributed by atoms with Gasteiger partial charge < -0.3 is 9.64 Å². The number of benzene rings is 3. The molecule has 5 rings (SSSR count). The van der Waals surface area contributed by atoms with Gasteiger partial charge in [0.2, 0.25) is 5.91 Å². The first kappa shape index (κ1) is 22.9. The highest BCUT2D eigenvalue weighted by Gasteiger charge is 2.60. The third-order valence-corrected chi connectivity index (χ3v) is 6.44. The molecule has 0 saturated carbocycles. The number of hydrogen-bond acceptors (Lipinski definition) is 6. The van der Waals surface area contributed by atoms with Crippen molar-refractivity contribution in [1.29, 1.82) is 0 Å². The average molecular weight is 472 g/mol. The van der Waals surface area contributed by atoms with Gasteiger partial charge in [-0.25, -0.2) is 9.96 Å². The van der Waals surface area contributed by atoms with E-state index < -0.39 is 18.1 Å². The maximum absolute atomic E-state index is 13.9. The molecule has 0 bridgehead atoms. The van der Waals surface area contributed by atoms with Crippen LogP contribution in [0.1, 0.15) is 24.9 Å². The van der Waals surface area contributed by atoms with E-state index in [1.54, 1.807) is 23.3 Å². The predicted octanol–water partition coefficient (Wildman–Crippen LogP) is 4.59. The van der Waals surface area contributed by atoms with Crippen LogP contribution in [0, 0.1) is 5.92 Å². The summed E-state index contributed by atoms with van der Waals surface area (Å²) >= 11 is 0. The van der Waals surface area contributed by atoms with Gasteiger partial charge in [-0.15, -0.1) is 0 Å². The van der Waals surface area contributed by atoms with Crippen LogP contribution in [0.25, 0.3) is 0 Å². The lowest BCUT2D eigenvalue weighted by Gasteiger charge is -2.29. The van der Waals surface area contributed by atoms with Crippen LogP contribution < -0.4 is 19.6 Å². The van der Waals surface area contributed by atoms with Gasteiger partial charge >= 0.3 is 0 Å². The van der Waals surface area contributed by atoms with Crippen LogP contribution in [0.4, 0.5) is 17.1 Å². The first-order valence-corrected chi connectivity index (χ1v) is 11.9. The molecule has 2 heterocycles. The number of ether oxygens (including phenoxy) is 1. The third-order valence-electron chi connectivity index (χ3n) is 6.44. The molecule has 0 aliphatic carbocycles. The monoisotopic (exact) mass is 471 g/mol. The molecule has 3 aromatic rings. The molecule has 2 aliphatic heterocycles. The number of hydrogen-bond donors (Lipinski definition) is 0. The molecule has 3 atom stereocenters. The van der Waals surface area contributed by atoms with Crippen LogP contribution in [0.15, 0.2) is 78.9 Å². The molecule has 35 heavy (non-hydrogen) atoms. The summed E-state index contributed by atoms with van der Waals surface area (Å²) in [6.07, 6.45) is -0.0952. The van der Waals surface area contributed by atoms with Gasteiger partial charge in [0.25, 0.3) is 5.91 Å². The normalized spacial score (nSPS) is 21.4. The van der Waals surface area contributed by atoms with E-state index in [0.29, 0.717) is 18.0 Å². The fraction of sp³-hybridized carbons (Fsp3) is 0.286. The average Bonchev–Trinajstić information content (AvgIpc) is 3.39. The molecule has 2 saturated heterocycles. The lowest BCUT2D eigenvalue weighted by atomic mass is 9.90. The van der Waals surface area contributed by atoms with E-state index in [1.165, 1.54) is 4.90 Å². The topological polar surface area (TPSA) is 62.3 Å². The Morgan fingerprint density at radius 1 is 0.886 bits per heavy atom. The molecule has 180 valence electrons. The summed E-state index contributed by atoms with van der Waals surface area (Å²) in [6, 6.07) is 24.3. The largest absolute Gasteiger partial charge is 0.491 e. The molecule has 2 aliphatic rings. The third kappa shape index (κ3) is 4.02. The van der Waals surface area contributed by atoms with Gasteiger partial charge in [0.1, 0.15) is 11.7 Å². The quantitative estimate of drug-likeness (QED) is 0.470. The maximum Gasteiger partial charge on any atom is 0.266 e. The fourth-order valence-electron chi connectivity index (χ4n) is 4.74. The van der Waals surface area contributed by atoms with Crippen LogP contribution in [0.3, 0.4) is 0 Å². The Bertz CT molecular complexity index is 1210. The van der Waals surface area contributed by atoms with Crippen molar-refractivity contribution in [2.75, 3.05) is 35.6 Å². The van der Waals surface area contributed by atoms with Crippen molar-refractivity contribution in [3.8, 4) is 5.75 Å². The van der Waals surface area contributed by atoms with E-state index in [-0.39, 0.29) is 11.8 Å². The molecular weight excluding hydrogens is 442 g/mol. The zero-order valence-electron chi connectivity index (χ0n) is 20.1. The van der Waals surface area contributed by atoms with Gasteiger partial charge in [0.15, 0.2) is 6.10 Å². The highest BCUT2D eigenvalue weighted by Crippen LogP contribution is 2.48. The lowest BCUT2D eigenvalue weighted by molar-refractivity contribution is -0.126. The molecule has 3 aromatic carbocycles. The first-order chi connectivity index (χ1) is 17.0. The summed E-state index contributed by atoms with van der Waals surface area (Å²) in [5, 5.41) is 1.71. The Morgan fingerprint density at radius 2 is 1.57 bits per heavy atom. The van der Waals surface area contributed by atoms with Crippen LogP contribution in [-0.4, -0.2) is 38.6 Å². The Balaban J connectivity index is 1.55. The molecule has 0 N–H and O–H groups in total. The molecule has 3 unspecified atom stereocenters. The highest BCUT2D eigenvalue weighted by atomic mass is 16.7. The number of fused-ring (bicyclic) bond motifs is 1. The molecule has 2 fully saturated rings. The van der Waals surface area contributed by atoms with E-state index in [0.717, 1.165) is 23.4 Å². The predicted molar refractivity (Wildman–Crippen MR) is 136 cm³/mol. The summed E-state index contributed by atoms with van der Waals surface area (Å²) in [7, 11) is 3.96. The number of carbonyl (C=O) groups excluding carboxylic acids is 2. The van der Waals surface area contributed by atoms with Crippen molar-refractivity contribution in [2.24, 2.45) is 5.92 Å².